The van der Waals surface area contributed by atoms with Gasteiger partial charge in [-0.2, -0.15) is 11.8 Å². The van der Waals surface area contributed by atoms with Crippen LogP contribution in [0.4, 0.5) is 0 Å². The van der Waals surface area contributed by atoms with Crippen molar-refractivity contribution in [1.82, 2.24) is 5.32 Å². The Labute approximate surface area is 78.4 Å². The van der Waals surface area contributed by atoms with Crippen LogP contribution < -0.4 is 5.32 Å². The Hall–Kier alpha value is 0.270. The van der Waals surface area contributed by atoms with E-state index in [0.29, 0.717) is 0 Å². The number of hydrogen-bond donors (Lipinski definition) is 1. The maximum atomic E-state index is 6.09. The predicted octanol–water partition coefficient (Wildman–Crippen LogP) is 1.61. The second kappa shape index (κ2) is 2.89. The molecule has 0 amide bonds. The Morgan fingerprint density at radius 3 is 2.75 bits per heavy atom. The van der Waals surface area contributed by atoms with Crippen LogP contribution in [0.2, 0.25) is 0 Å². The van der Waals surface area contributed by atoms with Crippen molar-refractivity contribution in [2.24, 2.45) is 0 Å². The molecule has 1 atom stereocenters. The smallest absolute Gasteiger partial charge is 0.129 e. The molecule has 2 rings (SSSR count). The largest absolute Gasteiger partial charge is 0.354 e. The molecule has 12 heavy (non-hydrogen) atoms. The lowest BCUT2D eigenvalue weighted by Gasteiger charge is -2.43. The Morgan fingerprint density at radius 2 is 2.17 bits per heavy atom. The molecule has 2 aliphatic heterocycles. The van der Waals surface area contributed by atoms with Gasteiger partial charge in [0.05, 0.1) is 5.60 Å². The fourth-order valence-corrected chi connectivity index (χ4v) is 3.23. The summed E-state index contributed by atoms with van der Waals surface area (Å²) >= 11 is 1.99. The summed E-state index contributed by atoms with van der Waals surface area (Å²) < 4.78 is 6.09. The predicted molar refractivity (Wildman–Crippen MR) is 52.5 cm³/mol. The molecule has 1 spiro atoms. The summed E-state index contributed by atoms with van der Waals surface area (Å²) in [4.78, 5) is 0. The number of nitrogens with one attached hydrogen (secondary N) is 1. The first-order chi connectivity index (χ1) is 5.62. The highest BCUT2D eigenvalue weighted by molar-refractivity contribution is 7.99. The van der Waals surface area contributed by atoms with E-state index >= 15 is 0 Å². The summed E-state index contributed by atoms with van der Waals surface area (Å²) in [5.41, 5.74) is 0.0998. The third kappa shape index (κ3) is 1.63. The lowest BCUT2D eigenvalue weighted by molar-refractivity contribution is -0.171. The number of rotatable bonds is 0. The molecule has 2 saturated heterocycles. The molecule has 0 saturated carbocycles. The summed E-state index contributed by atoms with van der Waals surface area (Å²) in [6.45, 7) is 5.49. The molecule has 0 aliphatic carbocycles. The fraction of sp³-hybridized carbons (Fsp3) is 1.00. The maximum absolute atomic E-state index is 6.09. The van der Waals surface area contributed by atoms with E-state index in [1.165, 1.54) is 12.2 Å². The number of ether oxygens (including phenoxy) is 1. The van der Waals surface area contributed by atoms with Gasteiger partial charge in [0.25, 0.3) is 0 Å². The molecular formula is C9H17NOS. The maximum Gasteiger partial charge on any atom is 0.129 e. The molecule has 0 aromatic heterocycles. The fourth-order valence-electron chi connectivity index (χ4n) is 1.97. The van der Waals surface area contributed by atoms with Crippen molar-refractivity contribution in [3.63, 3.8) is 0 Å². The van der Waals surface area contributed by atoms with Gasteiger partial charge in [0.1, 0.15) is 5.72 Å². The summed E-state index contributed by atoms with van der Waals surface area (Å²) in [5, 5.41) is 3.51. The van der Waals surface area contributed by atoms with Crippen LogP contribution in [0.1, 0.15) is 26.7 Å². The van der Waals surface area contributed by atoms with Crippen molar-refractivity contribution in [3.8, 4) is 0 Å². The van der Waals surface area contributed by atoms with Crippen LogP contribution in [-0.2, 0) is 4.74 Å². The van der Waals surface area contributed by atoms with Crippen molar-refractivity contribution in [3.05, 3.63) is 0 Å². The minimum atomic E-state index is 0.0203. The highest BCUT2D eigenvalue weighted by atomic mass is 32.2. The monoisotopic (exact) mass is 187 g/mol. The molecule has 70 valence electrons. The van der Waals surface area contributed by atoms with Crippen LogP contribution in [0.3, 0.4) is 0 Å². The molecular weight excluding hydrogens is 170 g/mol. The Kier molecular flexibility index (Phi) is 2.13. The minimum absolute atomic E-state index is 0.0203. The Bertz CT molecular complexity index is 175. The van der Waals surface area contributed by atoms with Crippen LogP contribution in [0.15, 0.2) is 0 Å². The molecule has 2 aliphatic rings. The normalized spacial score (nSPS) is 40.5. The van der Waals surface area contributed by atoms with Gasteiger partial charge in [-0.05, 0) is 32.4 Å². The van der Waals surface area contributed by atoms with Crippen LogP contribution in [-0.4, -0.2) is 29.4 Å². The summed E-state index contributed by atoms with van der Waals surface area (Å²) in [6.07, 6.45) is 2.29. The zero-order chi connectivity index (χ0) is 8.66. The molecule has 0 aromatic carbocycles. The van der Waals surface area contributed by atoms with Crippen molar-refractivity contribution in [2.45, 2.75) is 38.0 Å². The van der Waals surface area contributed by atoms with E-state index in [1.807, 2.05) is 11.8 Å². The molecule has 0 radical (unpaired) electrons. The van der Waals surface area contributed by atoms with E-state index in [9.17, 15) is 0 Å². The lowest BCUT2D eigenvalue weighted by Crippen LogP contribution is -2.58. The van der Waals surface area contributed by atoms with Gasteiger partial charge in [-0.3, -0.25) is 5.32 Å². The molecule has 2 fully saturated rings. The third-order valence-corrected chi connectivity index (χ3v) is 3.79. The first kappa shape index (κ1) is 8.85. The van der Waals surface area contributed by atoms with E-state index in [4.69, 9.17) is 4.74 Å². The zero-order valence-electron chi connectivity index (χ0n) is 7.85. The molecule has 3 heteroatoms. The van der Waals surface area contributed by atoms with Gasteiger partial charge < -0.3 is 4.74 Å². The van der Waals surface area contributed by atoms with Gasteiger partial charge in [0.15, 0.2) is 0 Å². The zero-order valence-corrected chi connectivity index (χ0v) is 8.67. The molecule has 0 aromatic rings. The van der Waals surface area contributed by atoms with E-state index in [-0.39, 0.29) is 11.3 Å². The van der Waals surface area contributed by atoms with Crippen molar-refractivity contribution in [1.29, 1.82) is 0 Å². The van der Waals surface area contributed by atoms with Gasteiger partial charge in [0, 0.05) is 12.3 Å². The van der Waals surface area contributed by atoms with Gasteiger partial charge in [-0.1, -0.05) is 0 Å². The second-order valence-corrected chi connectivity index (χ2v) is 5.44. The summed E-state index contributed by atoms with van der Waals surface area (Å²) in [6, 6.07) is 0. The SMILES string of the molecule is CC1(C)CCNC2(CCSC2)O1. The van der Waals surface area contributed by atoms with Gasteiger partial charge in [-0.15, -0.1) is 0 Å². The molecule has 0 bridgehead atoms. The molecule has 1 unspecified atom stereocenters. The van der Waals surface area contributed by atoms with E-state index in [2.05, 4.69) is 19.2 Å². The van der Waals surface area contributed by atoms with Crippen LogP contribution >= 0.6 is 11.8 Å². The van der Waals surface area contributed by atoms with Crippen molar-refractivity contribution >= 4 is 11.8 Å². The van der Waals surface area contributed by atoms with Crippen LogP contribution in [0.25, 0.3) is 0 Å². The lowest BCUT2D eigenvalue weighted by atomic mass is 9.99. The highest BCUT2D eigenvalue weighted by Gasteiger charge is 2.42. The van der Waals surface area contributed by atoms with Gasteiger partial charge in [0.2, 0.25) is 0 Å². The summed E-state index contributed by atoms with van der Waals surface area (Å²) in [7, 11) is 0. The Balaban J connectivity index is 2.07. The van der Waals surface area contributed by atoms with E-state index in [1.54, 1.807) is 0 Å². The van der Waals surface area contributed by atoms with Crippen LogP contribution in [0.5, 0.6) is 0 Å². The van der Waals surface area contributed by atoms with E-state index < -0.39 is 0 Å². The second-order valence-electron chi connectivity index (χ2n) is 4.34. The number of hydrogen-bond acceptors (Lipinski definition) is 3. The van der Waals surface area contributed by atoms with Gasteiger partial charge >= 0.3 is 0 Å². The first-order valence-corrected chi connectivity index (χ1v) is 5.80. The first-order valence-electron chi connectivity index (χ1n) is 4.65. The van der Waals surface area contributed by atoms with Crippen molar-refractivity contribution < 1.29 is 4.74 Å². The molecule has 2 heterocycles. The van der Waals surface area contributed by atoms with E-state index in [0.717, 1.165) is 18.7 Å². The van der Waals surface area contributed by atoms with Crippen LogP contribution in [0, 0.1) is 0 Å². The number of thioether (sulfide) groups is 1. The van der Waals surface area contributed by atoms with Gasteiger partial charge in [-0.25, -0.2) is 0 Å². The Morgan fingerprint density at radius 1 is 1.33 bits per heavy atom. The summed E-state index contributed by atoms with van der Waals surface area (Å²) in [5.74, 6) is 2.36. The van der Waals surface area contributed by atoms with Crippen molar-refractivity contribution in [2.75, 3.05) is 18.1 Å². The topological polar surface area (TPSA) is 21.3 Å². The highest BCUT2D eigenvalue weighted by Crippen LogP contribution is 2.36. The minimum Gasteiger partial charge on any atom is -0.354 e. The molecule has 1 N–H and O–H groups in total. The third-order valence-electron chi connectivity index (χ3n) is 2.63. The standard InChI is InChI=1S/C9H17NOS/c1-8(2)3-5-10-9(11-8)4-6-12-7-9/h10H,3-7H2,1-2H3. The molecule has 2 nitrogen and oxygen atoms in total. The quantitative estimate of drug-likeness (QED) is 0.622. The average Bonchev–Trinajstić information content (AvgIpc) is 2.34. The average molecular weight is 187 g/mol.